The maximum atomic E-state index is 9.41. The van der Waals surface area contributed by atoms with Crippen molar-refractivity contribution in [3.05, 3.63) is 5.56 Å². The number of hydrogen-bond donors (Lipinski definition) is 0. The van der Waals surface area contributed by atoms with Crippen molar-refractivity contribution < 1.29 is 4.74 Å². The molecule has 0 saturated carbocycles. The molecule has 0 aromatic carbocycles. The molecule has 3 aliphatic heterocycles. The monoisotopic (exact) mass is 289 g/mol. The number of hydrogen-bond acceptors (Lipinski definition) is 7. The second kappa shape index (κ2) is 5.59. The molecule has 0 bridgehead atoms. The van der Waals surface area contributed by atoms with Crippen molar-refractivity contribution in [3.63, 3.8) is 0 Å². The van der Waals surface area contributed by atoms with Crippen molar-refractivity contribution in [1.29, 1.82) is 5.26 Å². The summed E-state index contributed by atoms with van der Waals surface area (Å²) in [6, 6.07) is 2.19. The van der Waals surface area contributed by atoms with Crippen LogP contribution in [0.4, 0.5) is 5.82 Å². The zero-order chi connectivity index (χ0) is 13.9. The Bertz CT molecular complexity index is 614. The third kappa shape index (κ3) is 2.16. The average Bonchev–Trinajstić information content (AvgIpc) is 2.85. The molecule has 0 spiro atoms. The Morgan fingerprint density at radius 3 is 2.80 bits per heavy atom. The highest BCUT2D eigenvalue weighted by molar-refractivity contribution is 6.99. The molecule has 7 heteroatoms. The highest BCUT2D eigenvalue weighted by atomic mass is 32.1. The molecule has 1 saturated heterocycles. The lowest BCUT2D eigenvalue weighted by Crippen LogP contribution is -2.30. The molecule has 0 atom stereocenters. The molecule has 3 rings (SSSR count). The molecule has 104 valence electrons. The van der Waals surface area contributed by atoms with E-state index in [0.29, 0.717) is 23.9 Å². The Hall–Kier alpha value is -1.94. The summed E-state index contributed by atoms with van der Waals surface area (Å²) in [6.45, 7) is 4.30. The molecular formula is C13H15N5OS. The summed E-state index contributed by atoms with van der Waals surface area (Å²) in [5, 5.41) is 9.41. The smallest absolute Gasteiger partial charge is 0.234 e. The normalized spacial score (nSPS) is 15.3. The first-order valence-electron chi connectivity index (χ1n) is 6.79. The molecule has 0 radical (unpaired) electrons. The molecule has 20 heavy (non-hydrogen) atoms. The SMILES string of the molecule is CCOc1nc2nsnc(N3CCCCC3)c-2c1C#N. The van der Waals surface area contributed by atoms with Crippen LogP contribution in [0.2, 0.25) is 0 Å². The number of nitriles is 1. The number of anilines is 1. The summed E-state index contributed by atoms with van der Waals surface area (Å²) in [7, 11) is 0. The number of rotatable bonds is 3. The van der Waals surface area contributed by atoms with E-state index in [2.05, 4.69) is 24.7 Å². The van der Waals surface area contributed by atoms with Gasteiger partial charge >= 0.3 is 0 Å². The second-order valence-corrected chi connectivity index (χ2v) is 5.20. The summed E-state index contributed by atoms with van der Waals surface area (Å²) in [5.41, 5.74) is 1.19. The molecular weight excluding hydrogens is 274 g/mol. The minimum Gasteiger partial charge on any atom is -0.477 e. The number of aromatic nitrogens is 3. The highest BCUT2D eigenvalue weighted by Gasteiger charge is 2.28. The topological polar surface area (TPSA) is 74.9 Å². The Morgan fingerprint density at radius 2 is 2.10 bits per heavy atom. The van der Waals surface area contributed by atoms with Crippen LogP contribution in [0.15, 0.2) is 0 Å². The van der Waals surface area contributed by atoms with Gasteiger partial charge in [0.05, 0.1) is 23.9 Å². The van der Waals surface area contributed by atoms with E-state index in [9.17, 15) is 5.26 Å². The van der Waals surface area contributed by atoms with E-state index in [1.165, 1.54) is 6.42 Å². The van der Waals surface area contributed by atoms with Crippen LogP contribution in [-0.2, 0) is 0 Å². The quantitative estimate of drug-likeness (QED) is 0.863. The van der Waals surface area contributed by atoms with Crippen LogP contribution in [0.5, 0.6) is 5.88 Å². The Kier molecular flexibility index (Phi) is 3.65. The largest absolute Gasteiger partial charge is 0.477 e. The molecule has 3 heterocycles. The zero-order valence-corrected chi connectivity index (χ0v) is 12.1. The number of nitrogens with zero attached hydrogens (tertiary/aromatic N) is 5. The van der Waals surface area contributed by atoms with E-state index in [-0.39, 0.29) is 0 Å². The van der Waals surface area contributed by atoms with Crippen LogP contribution in [0.1, 0.15) is 31.7 Å². The summed E-state index contributed by atoms with van der Waals surface area (Å²) in [5.74, 6) is 1.76. The van der Waals surface area contributed by atoms with Crippen LogP contribution in [0.3, 0.4) is 0 Å². The van der Waals surface area contributed by atoms with E-state index in [1.807, 2.05) is 6.92 Å². The van der Waals surface area contributed by atoms with Crippen molar-refractivity contribution in [3.8, 4) is 23.3 Å². The van der Waals surface area contributed by atoms with Crippen LogP contribution < -0.4 is 9.64 Å². The first-order valence-corrected chi connectivity index (χ1v) is 7.52. The fraction of sp³-hybridized carbons (Fsp3) is 0.538. The number of ether oxygens (including phenoxy) is 1. The van der Waals surface area contributed by atoms with Crippen molar-refractivity contribution in [2.24, 2.45) is 0 Å². The van der Waals surface area contributed by atoms with E-state index >= 15 is 0 Å². The molecule has 3 aliphatic rings. The van der Waals surface area contributed by atoms with Crippen molar-refractivity contribution >= 4 is 17.5 Å². The number of fused-ring (bicyclic) bond motifs is 1. The summed E-state index contributed by atoms with van der Waals surface area (Å²) >= 11 is 1.13. The predicted octanol–water partition coefficient (Wildman–Crippen LogP) is 2.30. The van der Waals surface area contributed by atoms with Gasteiger partial charge in [-0.1, -0.05) is 0 Å². The lowest BCUT2D eigenvalue weighted by molar-refractivity contribution is 0.328. The van der Waals surface area contributed by atoms with Gasteiger partial charge in [-0.3, -0.25) is 0 Å². The van der Waals surface area contributed by atoms with Gasteiger partial charge in [0.15, 0.2) is 11.6 Å². The van der Waals surface area contributed by atoms with Crippen molar-refractivity contribution in [2.45, 2.75) is 26.2 Å². The summed E-state index contributed by atoms with van der Waals surface area (Å²) in [6.07, 6.45) is 3.57. The maximum absolute atomic E-state index is 9.41. The first kappa shape index (κ1) is 13.1. The van der Waals surface area contributed by atoms with Gasteiger partial charge in [-0.2, -0.15) is 19.0 Å². The molecule has 6 nitrogen and oxygen atoms in total. The van der Waals surface area contributed by atoms with E-state index in [4.69, 9.17) is 4.74 Å². The van der Waals surface area contributed by atoms with Gasteiger partial charge in [-0.05, 0) is 26.2 Å². The summed E-state index contributed by atoms with van der Waals surface area (Å²) < 4.78 is 14.1. The lowest BCUT2D eigenvalue weighted by Gasteiger charge is -2.28. The molecule has 0 aromatic heterocycles. The van der Waals surface area contributed by atoms with Crippen LogP contribution in [0.25, 0.3) is 11.4 Å². The average molecular weight is 289 g/mol. The number of piperidine rings is 1. The van der Waals surface area contributed by atoms with Gasteiger partial charge in [0.1, 0.15) is 11.6 Å². The van der Waals surface area contributed by atoms with Gasteiger partial charge in [0.2, 0.25) is 5.88 Å². The van der Waals surface area contributed by atoms with Crippen LogP contribution in [0, 0.1) is 11.3 Å². The third-order valence-corrected chi connectivity index (χ3v) is 3.93. The van der Waals surface area contributed by atoms with Crippen molar-refractivity contribution in [1.82, 2.24) is 13.7 Å². The van der Waals surface area contributed by atoms with E-state index < -0.39 is 0 Å². The van der Waals surface area contributed by atoms with Crippen LogP contribution in [-0.4, -0.2) is 33.4 Å². The Labute approximate surface area is 121 Å². The van der Waals surface area contributed by atoms with Gasteiger partial charge in [0.25, 0.3) is 0 Å². The van der Waals surface area contributed by atoms with Gasteiger partial charge < -0.3 is 9.64 Å². The molecule has 0 aromatic rings. The van der Waals surface area contributed by atoms with E-state index in [0.717, 1.165) is 49.0 Å². The fourth-order valence-corrected chi connectivity index (χ4v) is 3.05. The molecule has 0 aliphatic carbocycles. The second-order valence-electron chi connectivity index (χ2n) is 4.67. The third-order valence-electron chi connectivity index (χ3n) is 3.42. The minimum atomic E-state index is 0.371. The van der Waals surface area contributed by atoms with Gasteiger partial charge in [0, 0.05) is 13.1 Å². The standard InChI is InChI=1S/C13H15N5OS/c1-2-19-13-9(8-14)10-11(15-13)16-20-17-12(10)18-6-4-3-5-7-18/h2-7H2,1H3. The zero-order valence-electron chi connectivity index (χ0n) is 11.3. The Balaban J connectivity index is 2.11. The predicted molar refractivity (Wildman–Crippen MR) is 76.3 cm³/mol. The molecule has 0 amide bonds. The van der Waals surface area contributed by atoms with Gasteiger partial charge in [-0.25, -0.2) is 0 Å². The minimum absolute atomic E-state index is 0.371. The van der Waals surface area contributed by atoms with Gasteiger partial charge in [-0.15, -0.1) is 0 Å². The van der Waals surface area contributed by atoms with Crippen molar-refractivity contribution in [2.75, 3.05) is 24.6 Å². The van der Waals surface area contributed by atoms with Crippen LogP contribution >= 0.6 is 11.7 Å². The molecule has 0 unspecified atom stereocenters. The first-order chi connectivity index (χ1) is 9.85. The summed E-state index contributed by atoms with van der Waals surface area (Å²) in [4.78, 5) is 6.54. The maximum Gasteiger partial charge on any atom is 0.234 e. The van der Waals surface area contributed by atoms with E-state index in [1.54, 1.807) is 0 Å². The Morgan fingerprint density at radius 1 is 1.30 bits per heavy atom. The fourth-order valence-electron chi connectivity index (χ4n) is 2.51. The highest BCUT2D eigenvalue weighted by Crippen LogP contribution is 2.38. The molecule has 1 fully saturated rings. The molecule has 0 N–H and O–H groups in total. The lowest BCUT2D eigenvalue weighted by atomic mass is 10.1.